The van der Waals surface area contributed by atoms with Gasteiger partial charge in [0.1, 0.15) is 5.75 Å². The Morgan fingerprint density at radius 1 is 0.786 bits per heavy atom. The first kappa shape index (κ1) is 18.1. The Morgan fingerprint density at radius 2 is 1.43 bits per heavy atom. The summed E-state index contributed by atoms with van der Waals surface area (Å²) in [6.07, 6.45) is 0. The molecule has 0 radical (unpaired) electrons. The van der Waals surface area contributed by atoms with E-state index in [1.54, 1.807) is 0 Å². The van der Waals surface area contributed by atoms with E-state index in [1.165, 1.54) is 0 Å². The second kappa shape index (κ2) is 8.17. The molecule has 0 N–H and O–H groups in total. The number of benzene rings is 3. The fourth-order valence-corrected chi connectivity index (χ4v) is 3.55. The molecule has 28 heavy (non-hydrogen) atoms. The van der Waals surface area contributed by atoms with Gasteiger partial charge in [0, 0.05) is 31.7 Å². The van der Waals surface area contributed by atoms with Crippen LogP contribution in [0.4, 0.5) is 5.69 Å². The Balaban J connectivity index is 1.46. The van der Waals surface area contributed by atoms with Crippen molar-refractivity contribution in [3.05, 3.63) is 90.0 Å². The maximum atomic E-state index is 12.9. The average Bonchev–Trinajstić information content (AvgIpc) is 2.75. The van der Waals surface area contributed by atoms with Crippen molar-refractivity contribution in [1.29, 1.82) is 0 Å². The van der Waals surface area contributed by atoms with Crippen molar-refractivity contribution in [3.63, 3.8) is 0 Å². The minimum absolute atomic E-state index is 0.117. The number of rotatable bonds is 4. The normalized spacial score (nSPS) is 14.0. The first-order valence-electron chi connectivity index (χ1n) is 9.64. The predicted molar refractivity (Wildman–Crippen MR) is 112 cm³/mol. The van der Waals surface area contributed by atoms with Crippen molar-refractivity contribution in [2.24, 2.45) is 0 Å². The minimum atomic E-state index is 0.117. The zero-order valence-corrected chi connectivity index (χ0v) is 16.0. The summed E-state index contributed by atoms with van der Waals surface area (Å²) in [7, 11) is 0. The Morgan fingerprint density at radius 3 is 2.18 bits per heavy atom. The van der Waals surface area contributed by atoms with Crippen LogP contribution in [0.3, 0.4) is 0 Å². The van der Waals surface area contributed by atoms with Crippen LogP contribution in [-0.2, 0) is 0 Å². The van der Waals surface area contributed by atoms with E-state index in [9.17, 15) is 4.79 Å². The lowest BCUT2D eigenvalue weighted by molar-refractivity contribution is 0.0746. The monoisotopic (exact) mass is 372 g/mol. The largest absolute Gasteiger partial charge is 0.455 e. The highest BCUT2D eigenvalue weighted by molar-refractivity contribution is 5.95. The second-order valence-corrected chi connectivity index (χ2v) is 6.98. The van der Waals surface area contributed by atoms with Crippen molar-refractivity contribution < 1.29 is 9.53 Å². The van der Waals surface area contributed by atoms with Crippen molar-refractivity contribution >= 4 is 11.6 Å². The fraction of sp³-hybridized carbons (Fsp3) is 0.208. The molecule has 0 aromatic heterocycles. The molecule has 0 spiro atoms. The molecule has 4 heteroatoms. The molecule has 1 aliphatic rings. The third kappa shape index (κ3) is 3.86. The van der Waals surface area contributed by atoms with Gasteiger partial charge in [-0.2, -0.15) is 0 Å². The topological polar surface area (TPSA) is 32.8 Å². The molecule has 0 unspecified atom stereocenters. The van der Waals surface area contributed by atoms with E-state index < -0.39 is 0 Å². The summed E-state index contributed by atoms with van der Waals surface area (Å²) in [4.78, 5) is 17.1. The molecular weight excluding hydrogens is 348 g/mol. The number of anilines is 1. The zero-order valence-electron chi connectivity index (χ0n) is 16.0. The number of aryl methyl sites for hydroxylation is 1. The van der Waals surface area contributed by atoms with Crippen molar-refractivity contribution in [1.82, 2.24) is 4.90 Å². The lowest BCUT2D eigenvalue weighted by atomic mass is 10.1. The number of ether oxygens (including phenoxy) is 1. The standard InChI is InChI=1S/C24H24N2O2/c1-19-9-5-6-12-21(19)24(27)26-17-15-25(16-18-26)22-13-7-8-14-23(22)28-20-10-3-2-4-11-20/h2-14H,15-18H2,1H3. The highest BCUT2D eigenvalue weighted by Gasteiger charge is 2.24. The average molecular weight is 372 g/mol. The molecule has 1 saturated heterocycles. The summed E-state index contributed by atoms with van der Waals surface area (Å²) in [5.41, 5.74) is 2.88. The molecule has 0 saturated carbocycles. The molecule has 3 aromatic carbocycles. The smallest absolute Gasteiger partial charge is 0.254 e. The van der Waals surface area contributed by atoms with E-state index in [4.69, 9.17) is 4.74 Å². The molecule has 1 amide bonds. The Bertz CT molecular complexity index is 948. The zero-order chi connectivity index (χ0) is 19.3. The summed E-state index contributed by atoms with van der Waals surface area (Å²) in [5.74, 6) is 1.78. The van der Waals surface area contributed by atoms with E-state index in [-0.39, 0.29) is 5.91 Å². The van der Waals surface area contributed by atoms with Crippen LogP contribution >= 0.6 is 0 Å². The number of amides is 1. The van der Waals surface area contributed by atoms with Gasteiger partial charge in [-0.1, -0.05) is 48.5 Å². The fourth-order valence-electron chi connectivity index (χ4n) is 3.55. The summed E-state index contributed by atoms with van der Waals surface area (Å²) in [6, 6.07) is 25.7. The molecule has 1 fully saturated rings. The number of carbonyl (C=O) groups is 1. The molecule has 0 bridgehead atoms. The number of para-hydroxylation sites is 3. The number of hydrogen-bond acceptors (Lipinski definition) is 3. The van der Waals surface area contributed by atoms with Gasteiger partial charge in [-0.25, -0.2) is 0 Å². The summed E-state index contributed by atoms with van der Waals surface area (Å²) >= 11 is 0. The van der Waals surface area contributed by atoms with E-state index in [0.717, 1.165) is 41.4 Å². The number of hydrogen-bond donors (Lipinski definition) is 0. The van der Waals surface area contributed by atoms with Crippen LogP contribution in [0.15, 0.2) is 78.9 Å². The van der Waals surface area contributed by atoms with Gasteiger partial charge in [-0.05, 0) is 42.8 Å². The van der Waals surface area contributed by atoms with Crippen molar-refractivity contribution in [2.75, 3.05) is 31.1 Å². The van der Waals surface area contributed by atoms with Gasteiger partial charge in [0.2, 0.25) is 0 Å². The Hall–Kier alpha value is -3.27. The number of carbonyl (C=O) groups excluding carboxylic acids is 1. The van der Waals surface area contributed by atoms with Gasteiger partial charge in [-0.3, -0.25) is 4.79 Å². The van der Waals surface area contributed by atoms with Crippen LogP contribution in [0.1, 0.15) is 15.9 Å². The molecule has 0 aliphatic carbocycles. The van der Waals surface area contributed by atoms with Gasteiger partial charge in [0.25, 0.3) is 5.91 Å². The number of piperazine rings is 1. The van der Waals surface area contributed by atoms with E-state index in [0.29, 0.717) is 13.1 Å². The van der Waals surface area contributed by atoms with E-state index in [2.05, 4.69) is 11.0 Å². The van der Waals surface area contributed by atoms with Crippen LogP contribution in [0, 0.1) is 6.92 Å². The third-order valence-corrected chi connectivity index (χ3v) is 5.12. The Kier molecular flexibility index (Phi) is 5.29. The maximum absolute atomic E-state index is 12.9. The predicted octanol–water partition coefficient (Wildman–Crippen LogP) is 4.75. The minimum Gasteiger partial charge on any atom is -0.455 e. The van der Waals surface area contributed by atoms with Crippen LogP contribution in [0.25, 0.3) is 0 Å². The maximum Gasteiger partial charge on any atom is 0.254 e. The molecule has 4 nitrogen and oxygen atoms in total. The van der Waals surface area contributed by atoms with E-state index >= 15 is 0 Å². The van der Waals surface area contributed by atoms with Crippen molar-refractivity contribution in [2.45, 2.75) is 6.92 Å². The summed E-state index contributed by atoms with van der Waals surface area (Å²) in [5, 5.41) is 0. The van der Waals surface area contributed by atoms with Gasteiger partial charge in [-0.15, -0.1) is 0 Å². The molecule has 4 rings (SSSR count). The van der Waals surface area contributed by atoms with Crippen LogP contribution < -0.4 is 9.64 Å². The lowest BCUT2D eigenvalue weighted by Gasteiger charge is -2.37. The first-order chi connectivity index (χ1) is 13.7. The van der Waals surface area contributed by atoms with E-state index in [1.807, 2.05) is 84.6 Å². The van der Waals surface area contributed by atoms with Crippen molar-refractivity contribution in [3.8, 4) is 11.5 Å². The molecule has 3 aromatic rings. The molecular formula is C24H24N2O2. The Labute approximate surface area is 166 Å². The van der Waals surface area contributed by atoms with Crippen LogP contribution in [0.5, 0.6) is 11.5 Å². The lowest BCUT2D eigenvalue weighted by Crippen LogP contribution is -2.49. The first-order valence-corrected chi connectivity index (χ1v) is 9.64. The van der Waals surface area contributed by atoms with Gasteiger partial charge in [0.05, 0.1) is 5.69 Å². The third-order valence-electron chi connectivity index (χ3n) is 5.12. The number of nitrogens with zero attached hydrogens (tertiary/aromatic N) is 2. The highest BCUT2D eigenvalue weighted by Crippen LogP contribution is 2.32. The van der Waals surface area contributed by atoms with Gasteiger partial charge < -0.3 is 14.5 Å². The highest BCUT2D eigenvalue weighted by atomic mass is 16.5. The molecule has 1 aliphatic heterocycles. The summed E-state index contributed by atoms with van der Waals surface area (Å²) < 4.78 is 6.10. The van der Waals surface area contributed by atoms with Gasteiger partial charge in [0.15, 0.2) is 5.75 Å². The van der Waals surface area contributed by atoms with Crippen LogP contribution in [-0.4, -0.2) is 37.0 Å². The molecule has 1 heterocycles. The molecule has 0 atom stereocenters. The molecule has 142 valence electrons. The quantitative estimate of drug-likeness (QED) is 0.663. The second-order valence-electron chi connectivity index (χ2n) is 6.98. The summed E-state index contributed by atoms with van der Waals surface area (Å²) in [6.45, 7) is 4.96. The van der Waals surface area contributed by atoms with Crippen LogP contribution in [0.2, 0.25) is 0 Å². The van der Waals surface area contributed by atoms with Gasteiger partial charge >= 0.3 is 0 Å². The SMILES string of the molecule is Cc1ccccc1C(=O)N1CCN(c2ccccc2Oc2ccccc2)CC1.